The van der Waals surface area contributed by atoms with E-state index in [0.717, 1.165) is 13.1 Å². The van der Waals surface area contributed by atoms with Gasteiger partial charge < -0.3 is 20.1 Å². The van der Waals surface area contributed by atoms with E-state index in [1.807, 2.05) is 7.05 Å². The molecule has 100 valence electrons. The molecule has 6 nitrogen and oxygen atoms in total. The molecule has 0 aliphatic rings. The number of anilines is 1. The summed E-state index contributed by atoms with van der Waals surface area (Å²) < 4.78 is 4.98. The molecule has 18 heavy (non-hydrogen) atoms. The number of rotatable bonds is 8. The number of hydrogen-bond acceptors (Lipinski definition) is 5. The highest BCUT2D eigenvalue weighted by Gasteiger charge is 2.04. The second-order valence-electron chi connectivity index (χ2n) is 3.94. The van der Waals surface area contributed by atoms with E-state index in [9.17, 15) is 4.79 Å². The van der Waals surface area contributed by atoms with Crippen LogP contribution in [0.1, 0.15) is 10.5 Å². The van der Waals surface area contributed by atoms with Crippen LogP contribution >= 0.6 is 0 Å². The van der Waals surface area contributed by atoms with Gasteiger partial charge in [-0.25, -0.2) is 9.78 Å². The number of aromatic carboxylic acids is 1. The monoisotopic (exact) mass is 253 g/mol. The van der Waals surface area contributed by atoms with Crippen molar-refractivity contribution in [3.8, 4) is 0 Å². The smallest absolute Gasteiger partial charge is 0.354 e. The van der Waals surface area contributed by atoms with Crippen LogP contribution in [0, 0.1) is 0 Å². The third-order valence-electron chi connectivity index (χ3n) is 2.44. The Labute approximate surface area is 107 Å². The number of carboxylic acids is 1. The second kappa shape index (κ2) is 7.62. The Kier molecular flexibility index (Phi) is 6.10. The van der Waals surface area contributed by atoms with E-state index in [1.165, 1.54) is 6.07 Å². The molecule has 0 aromatic carbocycles. The standard InChI is InChI=1S/C12H19N3O3/c1-15(8-9-18-2)7-6-13-11-5-3-4-10(14-11)12(16)17/h3-5H,6-9H2,1-2H3,(H,13,14)(H,16,17). The number of aromatic nitrogens is 1. The van der Waals surface area contributed by atoms with Gasteiger partial charge in [-0.05, 0) is 19.2 Å². The first-order valence-corrected chi connectivity index (χ1v) is 5.75. The summed E-state index contributed by atoms with van der Waals surface area (Å²) in [5.41, 5.74) is 0.0488. The summed E-state index contributed by atoms with van der Waals surface area (Å²) in [5, 5.41) is 11.9. The molecule has 0 saturated carbocycles. The van der Waals surface area contributed by atoms with Crippen molar-refractivity contribution < 1.29 is 14.6 Å². The summed E-state index contributed by atoms with van der Waals surface area (Å²) >= 11 is 0. The largest absolute Gasteiger partial charge is 0.477 e. The van der Waals surface area contributed by atoms with Gasteiger partial charge >= 0.3 is 5.97 Å². The van der Waals surface area contributed by atoms with Crippen LogP contribution in [0.15, 0.2) is 18.2 Å². The van der Waals surface area contributed by atoms with Gasteiger partial charge in [-0.15, -0.1) is 0 Å². The molecule has 1 heterocycles. The molecule has 0 unspecified atom stereocenters. The summed E-state index contributed by atoms with van der Waals surface area (Å²) in [5.74, 6) is -0.439. The van der Waals surface area contributed by atoms with E-state index in [0.29, 0.717) is 19.0 Å². The molecule has 0 radical (unpaired) electrons. The molecular formula is C12H19N3O3. The highest BCUT2D eigenvalue weighted by Crippen LogP contribution is 2.04. The Bertz CT molecular complexity index is 385. The molecule has 0 atom stereocenters. The van der Waals surface area contributed by atoms with Crippen molar-refractivity contribution in [1.82, 2.24) is 9.88 Å². The molecule has 0 spiro atoms. The number of nitrogens with one attached hydrogen (secondary N) is 1. The number of pyridine rings is 1. The Balaban J connectivity index is 2.35. The molecule has 0 aliphatic heterocycles. The van der Waals surface area contributed by atoms with Crippen LogP contribution in [0.5, 0.6) is 0 Å². The van der Waals surface area contributed by atoms with Gasteiger partial charge in [0.15, 0.2) is 5.69 Å². The number of carbonyl (C=O) groups is 1. The Morgan fingerprint density at radius 3 is 2.94 bits per heavy atom. The zero-order valence-corrected chi connectivity index (χ0v) is 10.7. The van der Waals surface area contributed by atoms with Gasteiger partial charge in [-0.3, -0.25) is 0 Å². The van der Waals surface area contributed by atoms with Crippen LogP contribution in [-0.4, -0.2) is 61.4 Å². The molecule has 1 rings (SSSR count). The highest BCUT2D eigenvalue weighted by atomic mass is 16.5. The number of likely N-dealkylation sites (N-methyl/N-ethyl adjacent to an activating group) is 1. The summed E-state index contributed by atoms with van der Waals surface area (Å²) in [6.45, 7) is 3.10. The molecule has 6 heteroatoms. The highest BCUT2D eigenvalue weighted by molar-refractivity contribution is 5.85. The lowest BCUT2D eigenvalue weighted by Gasteiger charge is -2.16. The maximum Gasteiger partial charge on any atom is 0.354 e. The second-order valence-corrected chi connectivity index (χ2v) is 3.94. The van der Waals surface area contributed by atoms with Crippen molar-refractivity contribution in [2.24, 2.45) is 0 Å². The van der Waals surface area contributed by atoms with Crippen molar-refractivity contribution in [1.29, 1.82) is 0 Å². The van der Waals surface area contributed by atoms with E-state index in [-0.39, 0.29) is 5.69 Å². The van der Waals surface area contributed by atoms with Crippen molar-refractivity contribution >= 4 is 11.8 Å². The third-order valence-corrected chi connectivity index (χ3v) is 2.44. The van der Waals surface area contributed by atoms with Crippen molar-refractivity contribution in [2.75, 3.05) is 45.7 Å². The molecule has 1 aromatic heterocycles. The summed E-state index contributed by atoms with van der Waals surface area (Å²) in [4.78, 5) is 16.8. The zero-order valence-electron chi connectivity index (χ0n) is 10.7. The van der Waals surface area contributed by atoms with Crippen molar-refractivity contribution in [2.45, 2.75) is 0 Å². The minimum atomic E-state index is -1.02. The third kappa shape index (κ3) is 5.11. The molecular weight excluding hydrogens is 234 g/mol. The van der Waals surface area contributed by atoms with E-state index in [1.54, 1.807) is 19.2 Å². The van der Waals surface area contributed by atoms with E-state index < -0.39 is 5.97 Å². The Hall–Kier alpha value is -1.66. The number of nitrogens with zero attached hydrogens (tertiary/aromatic N) is 2. The van der Waals surface area contributed by atoms with Gasteiger partial charge in [-0.1, -0.05) is 6.07 Å². The van der Waals surface area contributed by atoms with Crippen LogP contribution in [0.4, 0.5) is 5.82 Å². The van der Waals surface area contributed by atoms with Crippen LogP contribution in [0.25, 0.3) is 0 Å². The molecule has 1 aromatic rings. The average molecular weight is 253 g/mol. The van der Waals surface area contributed by atoms with E-state index in [2.05, 4.69) is 15.2 Å². The SMILES string of the molecule is COCCN(C)CCNc1cccc(C(=O)O)n1. The fourth-order valence-corrected chi connectivity index (χ4v) is 1.39. The fourth-order valence-electron chi connectivity index (χ4n) is 1.39. The lowest BCUT2D eigenvalue weighted by atomic mass is 10.3. The fraction of sp³-hybridized carbons (Fsp3) is 0.500. The van der Waals surface area contributed by atoms with Crippen LogP contribution in [0.3, 0.4) is 0 Å². The van der Waals surface area contributed by atoms with Gasteiger partial charge in [0.2, 0.25) is 0 Å². The Morgan fingerprint density at radius 2 is 2.28 bits per heavy atom. The van der Waals surface area contributed by atoms with E-state index >= 15 is 0 Å². The van der Waals surface area contributed by atoms with Crippen molar-refractivity contribution in [3.05, 3.63) is 23.9 Å². The quantitative estimate of drug-likeness (QED) is 0.713. The van der Waals surface area contributed by atoms with Gasteiger partial charge in [0, 0.05) is 26.7 Å². The first kappa shape index (κ1) is 14.4. The van der Waals surface area contributed by atoms with Gasteiger partial charge in [0.1, 0.15) is 5.82 Å². The lowest BCUT2D eigenvalue weighted by molar-refractivity contribution is 0.0690. The minimum absolute atomic E-state index is 0.0488. The predicted octanol–water partition coefficient (Wildman–Crippen LogP) is 0.770. The number of ether oxygens (including phenoxy) is 1. The molecule has 2 N–H and O–H groups in total. The maximum atomic E-state index is 10.7. The predicted molar refractivity (Wildman–Crippen MR) is 69.1 cm³/mol. The number of carboxylic acid groups (broad SMARTS) is 1. The molecule has 0 bridgehead atoms. The maximum absolute atomic E-state index is 10.7. The first-order chi connectivity index (χ1) is 8.63. The van der Waals surface area contributed by atoms with E-state index in [4.69, 9.17) is 9.84 Å². The van der Waals surface area contributed by atoms with Gasteiger partial charge in [-0.2, -0.15) is 0 Å². The summed E-state index contributed by atoms with van der Waals surface area (Å²) in [6.07, 6.45) is 0. The Morgan fingerprint density at radius 1 is 1.50 bits per heavy atom. The van der Waals surface area contributed by atoms with Crippen LogP contribution in [-0.2, 0) is 4.74 Å². The number of methoxy groups -OCH3 is 1. The first-order valence-electron chi connectivity index (χ1n) is 5.75. The zero-order chi connectivity index (χ0) is 13.4. The molecule has 0 aliphatic carbocycles. The van der Waals surface area contributed by atoms with Gasteiger partial charge in [0.25, 0.3) is 0 Å². The topological polar surface area (TPSA) is 74.7 Å². The lowest BCUT2D eigenvalue weighted by Crippen LogP contribution is -2.28. The minimum Gasteiger partial charge on any atom is -0.477 e. The molecule has 0 fully saturated rings. The van der Waals surface area contributed by atoms with Crippen LogP contribution < -0.4 is 5.32 Å². The average Bonchev–Trinajstić information content (AvgIpc) is 2.36. The van der Waals surface area contributed by atoms with Gasteiger partial charge in [0.05, 0.1) is 6.61 Å². The normalized spacial score (nSPS) is 10.6. The summed E-state index contributed by atoms with van der Waals surface area (Å²) in [6, 6.07) is 4.90. The summed E-state index contributed by atoms with van der Waals surface area (Å²) in [7, 11) is 3.68. The number of hydrogen-bond donors (Lipinski definition) is 2. The molecule has 0 amide bonds. The molecule has 0 saturated heterocycles. The van der Waals surface area contributed by atoms with Crippen LogP contribution in [0.2, 0.25) is 0 Å². The van der Waals surface area contributed by atoms with Crippen molar-refractivity contribution in [3.63, 3.8) is 0 Å².